The van der Waals surface area contributed by atoms with Crippen molar-refractivity contribution in [3.63, 3.8) is 0 Å². The third-order valence-corrected chi connectivity index (χ3v) is 5.19. The van der Waals surface area contributed by atoms with Gasteiger partial charge in [0.05, 0.1) is 26.1 Å². The van der Waals surface area contributed by atoms with Crippen LogP contribution in [0.5, 0.6) is 11.5 Å². The summed E-state index contributed by atoms with van der Waals surface area (Å²) in [6, 6.07) is 5.34. The van der Waals surface area contributed by atoms with Crippen LogP contribution >= 0.6 is 11.3 Å². The molecule has 0 saturated heterocycles. The molecule has 0 bridgehead atoms. The van der Waals surface area contributed by atoms with Gasteiger partial charge >= 0.3 is 0 Å². The average molecular weight is 340 g/mol. The van der Waals surface area contributed by atoms with Gasteiger partial charge in [-0.25, -0.2) is 23.1 Å². The van der Waals surface area contributed by atoms with Crippen molar-refractivity contribution in [2.45, 2.75) is 4.34 Å². The van der Waals surface area contributed by atoms with Crippen LogP contribution in [0.25, 0.3) is 16.2 Å². The molecule has 1 aromatic carbocycles. The minimum atomic E-state index is -3.83. The van der Waals surface area contributed by atoms with Crippen molar-refractivity contribution in [1.29, 1.82) is 0 Å². The van der Waals surface area contributed by atoms with Gasteiger partial charge in [-0.1, -0.05) is 11.3 Å². The van der Waals surface area contributed by atoms with Crippen molar-refractivity contribution in [2.24, 2.45) is 5.14 Å². The topological polar surface area (TPSA) is 109 Å². The highest BCUT2D eigenvalue weighted by Crippen LogP contribution is 2.33. The van der Waals surface area contributed by atoms with Gasteiger partial charge in [0.25, 0.3) is 10.0 Å². The molecule has 2 heterocycles. The number of rotatable bonds is 4. The number of methoxy groups -OCH3 is 2. The van der Waals surface area contributed by atoms with Crippen molar-refractivity contribution in [1.82, 2.24) is 14.6 Å². The van der Waals surface area contributed by atoms with E-state index in [1.54, 1.807) is 32.5 Å². The van der Waals surface area contributed by atoms with Gasteiger partial charge < -0.3 is 9.47 Å². The van der Waals surface area contributed by atoms with Crippen LogP contribution in [0.4, 0.5) is 0 Å². The summed E-state index contributed by atoms with van der Waals surface area (Å²) in [6.45, 7) is 0. The van der Waals surface area contributed by atoms with Gasteiger partial charge in [-0.15, -0.1) is 5.10 Å². The van der Waals surface area contributed by atoms with Crippen LogP contribution in [0.15, 0.2) is 28.7 Å². The molecule has 0 atom stereocenters. The Kier molecular flexibility index (Phi) is 3.51. The third kappa shape index (κ3) is 2.51. The molecule has 0 spiro atoms. The number of hydrogen-bond acceptors (Lipinski definition) is 7. The molecule has 116 valence electrons. The van der Waals surface area contributed by atoms with E-state index < -0.39 is 10.0 Å². The largest absolute Gasteiger partial charge is 0.497 e. The van der Waals surface area contributed by atoms with Crippen LogP contribution in [0.2, 0.25) is 0 Å². The summed E-state index contributed by atoms with van der Waals surface area (Å²) in [5.74, 6) is 1.26. The summed E-state index contributed by atoms with van der Waals surface area (Å²) in [5, 5.41) is 8.97. The fourth-order valence-electron chi connectivity index (χ4n) is 1.94. The van der Waals surface area contributed by atoms with E-state index in [2.05, 4.69) is 10.1 Å². The number of aromatic nitrogens is 3. The van der Waals surface area contributed by atoms with Crippen LogP contribution in [-0.2, 0) is 10.0 Å². The number of hydrogen-bond donors (Lipinski definition) is 1. The van der Waals surface area contributed by atoms with E-state index in [4.69, 9.17) is 14.6 Å². The van der Waals surface area contributed by atoms with Crippen molar-refractivity contribution < 1.29 is 17.9 Å². The molecular weight excluding hydrogens is 328 g/mol. The lowest BCUT2D eigenvalue weighted by atomic mass is 10.1. The first-order valence-corrected chi connectivity index (χ1v) is 8.40. The van der Waals surface area contributed by atoms with Crippen LogP contribution in [-0.4, -0.2) is 37.2 Å². The highest BCUT2D eigenvalue weighted by atomic mass is 32.2. The maximum atomic E-state index is 11.3. The maximum absolute atomic E-state index is 11.3. The van der Waals surface area contributed by atoms with Crippen molar-refractivity contribution in [2.75, 3.05) is 14.2 Å². The standard InChI is InChI=1S/C12H12N4O4S2/c1-19-7-3-4-8(10(5-7)20-2)9-6-16-11(14-9)21-12(15-16)22(13,17)18/h3-6H,1-2H3,(H2,13,17,18). The first-order valence-electron chi connectivity index (χ1n) is 6.04. The molecule has 0 fully saturated rings. The second-order valence-electron chi connectivity index (χ2n) is 4.33. The number of fused-ring (bicyclic) bond motifs is 1. The van der Waals surface area contributed by atoms with Gasteiger partial charge in [0, 0.05) is 11.6 Å². The average Bonchev–Trinajstić information content (AvgIpc) is 3.04. The van der Waals surface area contributed by atoms with Gasteiger partial charge in [-0.05, 0) is 12.1 Å². The van der Waals surface area contributed by atoms with Crippen molar-refractivity contribution in [3.05, 3.63) is 24.4 Å². The molecule has 8 nitrogen and oxygen atoms in total. The minimum Gasteiger partial charge on any atom is -0.497 e. The first-order chi connectivity index (χ1) is 10.4. The second kappa shape index (κ2) is 5.23. The lowest BCUT2D eigenvalue weighted by Crippen LogP contribution is -2.12. The summed E-state index contributed by atoms with van der Waals surface area (Å²) >= 11 is 0.903. The Morgan fingerprint density at radius 3 is 2.64 bits per heavy atom. The number of sulfonamides is 1. The number of primary sulfonamides is 1. The summed E-state index contributed by atoms with van der Waals surface area (Å²) < 4.78 is 34.2. The molecule has 0 radical (unpaired) electrons. The smallest absolute Gasteiger partial charge is 0.267 e. The van der Waals surface area contributed by atoms with Gasteiger partial charge in [-0.3, -0.25) is 0 Å². The van der Waals surface area contributed by atoms with E-state index >= 15 is 0 Å². The van der Waals surface area contributed by atoms with Gasteiger partial charge in [0.2, 0.25) is 9.30 Å². The predicted molar refractivity (Wildman–Crippen MR) is 80.8 cm³/mol. The van der Waals surface area contributed by atoms with Crippen LogP contribution in [0.3, 0.4) is 0 Å². The zero-order chi connectivity index (χ0) is 15.9. The molecule has 0 aliphatic heterocycles. The summed E-state index contributed by atoms with van der Waals surface area (Å²) in [6.07, 6.45) is 1.62. The Bertz CT molecular complexity index is 914. The van der Waals surface area contributed by atoms with E-state index in [9.17, 15) is 8.42 Å². The number of nitrogens with two attached hydrogens (primary N) is 1. The number of nitrogens with zero attached hydrogens (tertiary/aromatic N) is 3. The zero-order valence-electron chi connectivity index (χ0n) is 11.7. The third-order valence-electron chi connectivity index (χ3n) is 2.95. The Morgan fingerprint density at radius 2 is 2.05 bits per heavy atom. The number of ether oxygens (including phenoxy) is 2. The maximum Gasteiger partial charge on any atom is 0.267 e. The Morgan fingerprint density at radius 1 is 1.27 bits per heavy atom. The van der Waals surface area contributed by atoms with Gasteiger partial charge in [0.15, 0.2) is 0 Å². The van der Waals surface area contributed by atoms with E-state index in [1.165, 1.54) is 4.52 Å². The molecule has 3 aromatic rings. The van der Waals surface area contributed by atoms with E-state index in [1.807, 2.05) is 6.07 Å². The fourth-order valence-corrected chi connectivity index (χ4v) is 3.44. The van der Waals surface area contributed by atoms with Crippen LogP contribution in [0, 0.1) is 0 Å². The number of imidazole rings is 1. The molecule has 22 heavy (non-hydrogen) atoms. The molecule has 0 unspecified atom stereocenters. The molecule has 2 aromatic heterocycles. The molecule has 10 heteroatoms. The van der Waals surface area contributed by atoms with E-state index in [0.717, 1.165) is 16.9 Å². The molecule has 3 rings (SSSR count). The lowest BCUT2D eigenvalue weighted by Gasteiger charge is -2.08. The SMILES string of the molecule is COc1ccc(-c2cn3nc(S(N)(=O)=O)sc3n2)c(OC)c1. The van der Waals surface area contributed by atoms with E-state index in [0.29, 0.717) is 22.2 Å². The summed E-state index contributed by atoms with van der Waals surface area (Å²) in [4.78, 5) is 4.79. The fraction of sp³-hybridized carbons (Fsp3) is 0.167. The van der Waals surface area contributed by atoms with Crippen molar-refractivity contribution in [3.8, 4) is 22.8 Å². The molecule has 0 aliphatic rings. The minimum absolute atomic E-state index is 0.178. The Hall–Kier alpha value is -2.17. The Labute approximate surface area is 130 Å². The van der Waals surface area contributed by atoms with Crippen molar-refractivity contribution >= 4 is 26.3 Å². The summed E-state index contributed by atoms with van der Waals surface area (Å²) in [7, 11) is -0.710. The quantitative estimate of drug-likeness (QED) is 0.762. The molecule has 0 amide bonds. The molecule has 0 aliphatic carbocycles. The molecular formula is C12H12N4O4S2. The second-order valence-corrected chi connectivity index (χ2v) is 7.02. The molecule has 2 N–H and O–H groups in total. The van der Waals surface area contributed by atoms with E-state index in [-0.39, 0.29) is 4.34 Å². The van der Waals surface area contributed by atoms with Crippen LogP contribution < -0.4 is 14.6 Å². The van der Waals surface area contributed by atoms with Crippen LogP contribution in [0.1, 0.15) is 0 Å². The Balaban J connectivity index is 2.09. The monoisotopic (exact) mass is 340 g/mol. The van der Waals surface area contributed by atoms with Gasteiger partial charge in [-0.2, -0.15) is 0 Å². The summed E-state index contributed by atoms with van der Waals surface area (Å²) in [5.41, 5.74) is 1.36. The predicted octanol–water partition coefficient (Wildman–Crippen LogP) is 1.12. The van der Waals surface area contributed by atoms with Gasteiger partial charge in [0.1, 0.15) is 11.5 Å². The highest BCUT2D eigenvalue weighted by molar-refractivity contribution is 7.91. The molecule has 0 saturated carbocycles. The lowest BCUT2D eigenvalue weighted by molar-refractivity contribution is 0.395. The zero-order valence-corrected chi connectivity index (χ0v) is 13.3. The number of benzene rings is 1. The highest BCUT2D eigenvalue weighted by Gasteiger charge is 2.18. The first kappa shape index (κ1) is 14.8. The normalized spacial score (nSPS) is 11.8.